The van der Waals surface area contributed by atoms with Crippen LogP contribution in [0.25, 0.3) is 0 Å². The molecule has 0 unspecified atom stereocenters. The molecule has 0 bridgehead atoms. The Morgan fingerprint density at radius 3 is 2.45 bits per heavy atom. The summed E-state index contributed by atoms with van der Waals surface area (Å²) in [5.41, 5.74) is 1.55. The normalized spacial score (nSPS) is 13.8. The SMILES string of the molecule is O=C(CO)Nc1ccc(CCC(=O)N2CCC2=O)cc1. The minimum Gasteiger partial charge on any atom is -0.387 e. The van der Waals surface area contributed by atoms with Crippen molar-refractivity contribution in [2.75, 3.05) is 18.5 Å². The number of carbonyl (C=O) groups excluding carboxylic acids is 3. The lowest BCUT2D eigenvalue weighted by Gasteiger charge is -2.28. The van der Waals surface area contributed by atoms with Crippen LogP contribution >= 0.6 is 0 Å². The molecule has 2 rings (SSSR count). The van der Waals surface area contributed by atoms with Gasteiger partial charge in [0.25, 0.3) is 0 Å². The number of hydrogen-bond acceptors (Lipinski definition) is 4. The van der Waals surface area contributed by atoms with Gasteiger partial charge in [-0.05, 0) is 24.1 Å². The quantitative estimate of drug-likeness (QED) is 0.758. The molecule has 0 aromatic heterocycles. The van der Waals surface area contributed by atoms with Crippen LogP contribution in [0.15, 0.2) is 24.3 Å². The molecule has 0 spiro atoms. The third-order valence-electron chi connectivity index (χ3n) is 3.16. The van der Waals surface area contributed by atoms with Gasteiger partial charge in [-0.15, -0.1) is 0 Å². The Kier molecular flexibility index (Phi) is 4.47. The first-order valence-corrected chi connectivity index (χ1v) is 6.43. The largest absolute Gasteiger partial charge is 0.387 e. The molecule has 0 saturated carbocycles. The second-order valence-electron chi connectivity index (χ2n) is 4.59. The van der Waals surface area contributed by atoms with Crippen molar-refractivity contribution in [1.29, 1.82) is 0 Å². The number of imide groups is 1. The predicted octanol–water partition coefficient (Wildman–Crippen LogP) is 0.309. The molecule has 0 aliphatic carbocycles. The van der Waals surface area contributed by atoms with Crippen LogP contribution in [0.2, 0.25) is 0 Å². The molecule has 1 fully saturated rings. The molecule has 6 nitrogen and oxygen atoms in total. The first-order valence-electron chi connectivity index (χ1n) is 6.43. The van der Waals surface area contributed by atoms with Crippen LogP contribution in [0, 0.1) is 0 Å². The van der Waals surface area contributed by atoms with E-state index >= 15 is 0 Å². The van der Waals surface area contributed by atoms with Gasteiger partial charge in [-0.3, -0.25) is 19.3 Å². The topological polar surface area (TPSA) is 86.7 Å². The summed E-state index contributed by atoms with van der Waals surface area (Å²) in [6.07, 6.45) is 1.32. The number of nitrogens with one attached hydrogen (secondary N) is 1. The van der Waals surface area contributed by atoms with Crippen LogP contribution in [0.1, 0.15) is 18.4 Å². The van der Waals surface area contributed by atoms with E-state index in [2.05, 4.69) is 5.32 Å². The fraction of sp³-hybridized carbons (Fsp3) is 0.357. The van der Waals surface area contributed by atoms with Gasteiger partial charge in [0.05, 0.1) is 0 Å². The van der Waals surface area contributed by atoms with E-state index in [0.717, 1.165) is 5.56 Å². The second kappa shape index (κ2) is 6.29. The Bertz CT molecular complexity index is 524. The number of β-lactam (4-membered cyclic amide) rings is 1. The summed E-state index contributed by atoms with van der Waals surface area (Å²) in [6, 6.07) is 7.03. The van der Waals surface area contributed by atoms with E-state index in [1.54, 1.807) is 24.3 Å². The van der Waals surface area contributed by atoms with Gasteiger partial charge in [-0.25, -0.2) is 0 Å². The van der Waals surface area contributed by atoms with Crippen LogP contribution in [-0.2, 0) is 20.8 Å². The number of rotatable bonds is 5. The van der Waals surface area contributed by atoms with Crippen LogP contribution < -0.4 is 5.32 Å². The minimum atomic E-state index is -0.555. The average molecular weight is 276 g/mol. The molecule has 3 amide bonds. The molecule has 1 heterocycles. The van der Waals surface area contributed by atoms with Gasteiger partial charge in [0.2, 0.25) is 17.7 Å². The van der Waals surface area contributed by atoms with Crippen molar-refractivity contribution in [1.82, 2.24) is 4.90 Å². The van der Waals surface area contributed by atoms with Gasteiger partial charge < -0.3 is 10.4 Å². The molecule has 0 atom stereocenters. The Morgan fingerprint density at radius 1 is 1.25 bits per heavy atom. The van der Waals surface area contributed by atoms with E-state index < -0.39 is 12.5 Å². The van der Waals surface area contributed by atoms with Crippen LogP contribution in [-0.4, -0.2) is 40.9 Å². The number of hydrogen-bond donors (Lipinski definition) is 2. The number of anilines is 1. The zero-order valence-electron chi connectivity index (χ0n) is 11.0. The van der Waals surface area contributed by atoms with E-state index in [4.69, 9.17) is 5.11 Å². The highest BCUT2D eigenvalue weighted by Crippen LogP contribution is 2.14. The highest BCUT2D eigenvalue weighted by molar-refractivity contribution is 5.99. The highest BCUT2D eigenvalue weighted by Gasteiger charge is 2.29. The molecule has 6 heteroatoms. The van der Waals surface area contributed by atoms with E-state index in [9.17, 15) is 14.4 Å². The van der Waals surface area contributed by atoms with Crippen LogP contribution in [0.4, 0.5) is 5.69 Å². The molecule has 106 valence electrons. The van der Waals surface area contributed by atoms with Crippen molar-refractivity contribution in [3.63, 3.8) is 0 Å². The highest BCUT2D eigenvalue weighted by atomic mass is 16.3. The summed E-state index contributed by atoms with van der Waals surface area (Å²) in [6.45, 7) is -0.0239. The van der Waals surface area contributed by atoms with Crippen molar-refractivity contribution in [3.8, 4) is 0 Å². The molecule has 20 heavy (non-hydrogen) atoms. The number of aryl methyl sites for hydroxylation is 1. The molecule has 2 N–H and O–H groups in total. The Balaban J connectivity index is 1.83. The summed E-state index contributed by atoms with van der Waals surface area (Å²) >= 11 is 0. The van der Waals surface area contributed by atoms with Crippen LogP contribution in [0.5, 0.6) is 0 Å². The summed E-state index contributed by atoms with van der Waals surface area (Å²) in [5, 5.41) is 11.1. The molecular formula is C14H16N2O4. The zero-order valence-corrected chi connectivity index (χ0v) is 11.0. The molecule has 1 aliphatic heterocycles. The fourth-order valence-corrected chi connectivity index (χ4v) is 1.92. The van der Waals surface area contributed by atoms with Gasteiger partial charge in [-0.2, -0.15) is 0 Å². The fourth-order valence-electron chi connectivity index (χ4n) is 1.92. The lowest BCUT2D eigenvalue weighted by atomic mass is 10.1. The summed E-state index contributed by atoms with van der Waals surface area (Å²) in [4.78, 5) is 35.0. The maximum Gasteiger partial charge on any atom is 0.250 e. The number of aliphatic hydroxyl groups is 1. The third-order valence-corrected chi connectivity index (χ3v) is 3.16. The predicted molar refractivity (Wildman–Crippen MR) is 71.8 cm³/mol. The number of amides is 3. The first-order chi connectivity index (χ1) is 9.60. The van der Waals surface area contributed by atoms with Gasteiger partial charge in [-0.1, -0.05) is 12.1 Å². The van der Waals surface area contributed by atoms with E-state index in [0.29, 0.717) is 31.5 Å². The number of carbonyl (C=O) groups is 3. The smallest absolute Gasteiger partial charge is 0.250 e. The van der Waals surface area contributed by atoms with Crippen molar-refractivity contribution in [3.05, 3.63) is 29.8 Å². The van der Waals surface area contributed by atoms with E-state index in [1.807, 2.05) is 0 Å². The minimum absolute atomic E-state index is 0.0999. The number of aliphatic hydroxyl groups excluding tert-OH is 1. The monoisotopic (exact) mass is 276 g/mol. The van der Waals surface area contributed by atoms with E-state index in [1.165, 1.54) is 4.90 Å². The van der Waals surface area contributed by atoms with Gasteiger partial charge in [0.15, 0.2) is 0 Å². The number of benzene rings is 1. The standard InChI is InChI=1S/C14H16N2O4/c17-9-12(18)15-11-4-1-10(2-5-11)3-6-13(19)16-8-7-14(16)20/h1-2,4-5,17H,3,6-9H2,(H,15,18). The van der Waals surface area contributed by atoms with Crippen molar-refractivity contribution < 1.29 is 19.5 Å². The van der Waals surface area contributed by atoms with Crippen molar-refractivity contribution in [2.45, 2.75) is 19.3 Å². The van der Waals surface area contributed by atoms with E-state index in [-0.39, 0.29) is 11.8 Å². The second-order valence-corrected chi connectivity index (χ2v) is 4.59. The first kappa shape index (κ1) is 14.2. The number of nitrogens with zero attached hydrogens (tertiary/aromatic N) is 1. The average Bonchev–Trinajstić information content (AvgIpc) is 2.44. The van der Waals surface area contributed by atoms with Gasteiger partial charge in [0.1, 0.15) is 6.61 Å². The Hall–Kier alpha value is -2.21. The molecule has 1 aliphatic rings. The Labute approximate surface area is 116 Å². The molecule has 0 radical (unpaired) electrons. The van der Waals surface area contributed by atoms with Gasteiger partial charge in [0, 0.05) is 25.1 Å². The molecular weight excluding hydrogens is 260 g/mol. The van der Waals surface area contributed by atoms with Crippen molar-refractivity contribution in [2.24, 2.45) is 0 Å². The number of likely N-dealkylation sites (tertiary alicyclic amines) is 1. The van der Waals surface area contributed by atoms with Crippen molar-refractivity contribution >= 4 is 23.4 Å². The zero-order chi connectivity index (χ0) is 14.5. The maximum absolute atomic E-state index is 11.7. The lowest BCUT2D eigenvalue weighted by molar-refractivity contribution is -0.152. The summed E-state index contributed by atoms with van der Waals surface area (Å²) < 4.78 is 0. The third kappa shape index (κ3) is 3.42. The summed E-state index contributed by atoms with van der Waals surface area (Å²) in [5.74, 6) is -0.708. The molecule has 1 aromatic rings. The summed E-state index contributed by atoms with van der Waals surface area (Å²) in [7, 11) is 0. The van der Waals surface area contributed by atoms with Gasteiger partial charge >= 0.3 is 0 Å². The lowest BCUT2D eigenvalue weighted by Crippen LogP contribution is -2.47. The molecule has 1 saturated heterocycles. The maximum atomic E-state index is 11.7. The molecule has 1 aromatic carbocycles. The van der Waals surface area contributed by atoms with Crippen LogP contribution in [0.3, 0.4) is 0 Å². The Morgan fingerprint density at radius 2 is 1.95 bits per heavy atom.